The number of pyridine rings is 1. The van der Waals surface area contributed by atoms with Crippen LogP contribution in [0.4, 0.5) is 0 Å². The first-order chi connectivity index (χ1) is 16.2. The molecule has 1 aliphatic carbocycles. The van der Waals surface area contributed by atoms with Crippen molar-refractivity contribution in [1.82, 2.24) is 35.0 Å². The Hall–Kier alpha value is -2.58. The van der Waals surface area contributed by atoms with Crippen LogP contribution in [0.5, 0.6) is 0 Å². The van der Waals surface area contributed by atoms with Gasteiger partial charge in [-0.25, -0.2) is 4.68 Å². The normalized spacial score (nSPS) is 23.4. The molecule has 2 unspecified atom stereocenters. The molecular formula is C25H33N7O. The number of nitrogens with one attached hydrogen (secondary N) is 1. The van der Waals surface area contributed by atoms with Gasteiger partial charge in [0.1, 0.15) is 6.04 Å². The van der Waals surface area contributed by atoms with E-state index in [2.05, 4.69) is 55.4 Å². The number of hydrogen-bond acceptors (Lipinski definition) is 6. The number of H-pyrrole nitrogens is 1. The SMILES string of the molecule is CCc1ccc2[nH]c(=O)c(C(c3nnnn3C3CCCC3)N3CCN4CCCC4C3)cc2c1. The van der Waals surface area contributed by atoms with Crippen molar-refractivity contribution in [3.05, 3.63) is 51.6 Å². The number of benzene rings is 1. The third-order valence-corrected chi connectivity index (χ3v) is 8.06. The van der Waals surface area contributed by atoms with Crippen LogP contribution < -0.4 is 5.56 Å². The molecule has 8 heteroatoms. The Balaban J connectivity index is 1.47. The number of rotatable bonds is 5. The molecule has 4 heterocycles. The van der Waals surface area contributed by atoms with E-state index in [1.807, 2.05) is 10.7 Å². The maximum absolute atomic E-state index is 13.5. The summed E-state index contributed by atoms with van der Waals surface area (Å²) in [6.07, 6.45) is 8.10. The molecule has 3 aromatic rings. The molecule has 8 nitrogen and oxygen atoms in total. The second-order valence-electron chi connectivity index (χ2n) is 9.98. The predicted octanol–water partition coefficient (Wildman–Crippen LogP) is 3.06. The lowest BCUT2D eigenvalue weighted by Gasteiger charge is -2.41. The highest BCUT2D eigenvalue weighted by atomic mass is 16.1. The van der Waals surface area contributed by atoms with Crippen molar-refractivity contribution < 1.29 is 0 Å². The molecule has 174 valence electrons. The van der Waals surface area contributed by atoms with Crippen LogP contribution in [-0.4, -0.2) is 67.2 Å². The van der Waals surface area contributed by atoms with E-state index in [0.29, 0.717) is 12.1 Å². The van der Waals surface area contributed by atoms with Crippen molar-refractivity contribution in [2.75, 3.05) is 26.2 Å². The smallest absolute Gasteiger partial charge is 0.253 e. The van der Waals surface area contributed by atoms with Crippen LogP contribution in [0.1, 0.15) is 74.5 Å². The van der Waals surface area contributed by atoms with Crippen molar-refractivity contribution in [3.63, 3.8) is 0 Å². The molecule has 0 bridgehead atoms. The van der Waals surface area contributed by atoms with Gasteiger partial charge in [0.15, 0.2) is 5.82 Å². The van der Waals surface area contributed by atoms with Gasteiger partial charge in [-0.1, -0.05) is 25.8 Å². The molecule has 1 N–H and O–H groups in total. The van der Waals surface area contributed by atoms with Gasteiger partial charge in [0.05, 0.1) is 6.04 Å². The number of hydrogen-bond donors (Lipinski definition) is 1. The molecule has 3 fully saturated rings. The summed E-state index contributed by atoms with van der Waals surface area (Å²) in [5, 5.41) is 14.2. The number of aryl methyl sites for hydroxylation is 1. The Morgan fingerprint density at radius 3 is 2.76 bits per heavy atom. The van der Waals surface area contributed by atoms with Crippen molar-refractivity contribution in [2.45, 2.75) is 70.0 Å². The molecule has 0 spiro atoms. The third kappa shape index (κ3) is 3.79. The third-order valence-electron chi connectivity index (χ3n) is 8.06. The van der Waals surface area contributed by atoms with E-state index >= 15 is 0 Å². The highest BCUT2D eigenvalue weighted by molar-refractivity contribution is 5.80. The summed E-state index contributed by atoms with van der Waals surface area (Å²) < 4.78 is 2.03. The molecule has 2 aliphatic heterocycles. The van der Waals surface area contributed by atoms with Gasteiger partial charge in [-0.2, -0.15) is 0 Å². The maximum Gasteiger partial charge on any atom is 0.253 e. The zero-order valence-corrected chi connectivity index (χ0v) is 19.4. The molecule has 1 saturated carbocycles. The van der Waals surface area contributed by atoms with E-state index in [0.717, 1.165) is 61.2 Å². The Bertz CT molecular complexity index is 1190. The predicted molar refractivity (Wildman–Crippen MR) is 127 cm³/mol. The standard InChI is InChI=1S/C25H33N7O/c1-2-17-9-10-22-18(14-17)15-21(25(33)26-22)23(31-13-12-30-11-5-8-20(30)16-31)24-27-28-29-32(24)19-6-3-4-7-19/h9-10,14-15,19-20,23H,2-8,11-13,16H2,1H3,(H,26,33). The molecule has 2 atom stereocenters. The van der Waals surface area contributed by atoms with Crippen LogP contribution in [0.3, 0.4) is 0 Å². The number of piperazine rings is 1. The number of aromatic amines is 1. The zero-order chi connectivity index (χ0) is 22.4. The first-order valence-electron chi connectivity index (χ1n) is 12.6. The molecule has 2 saturated heterocycles. The van der Waals surface area contributed by atoms with Crippen LogP contribution in [0.15, 0.2) is 29.1 Å². The van der Waals surface area contributed by atoms with Gasteiger partial charge in [-0.3, -0.25) is 14.6 Å². The fraction of sp³-hybridized carbons (Fsp3) is 0.600. The molecular weight excluding hydrogens is 414 g/mol. The van der Waals surface area contributed by atoms with Crippen molar-refractivity contribution in [3.8, 4) is 0 Å². The topological polar surface area (TPSA) is 82.9 Å². The molecule has 2 aromatic heterocycles. The van der Waals surface area contributed by atoms with E-state index in [1.165, 1.54) is 37.8 Å². The monoisotopic (exact) mass is 447 g/mol. The molecule has 3 aliphatic rings. The Kier molecular flexibility index (Phi) is 5.50. The van der Waals surface area contributed by atoms with Gasteiger partial charge in [0.25, 0.3) is 5.56 Å². The second kappa shape index (κ2) is 8.65. The Morgan fingerprint density at radius 2 is 1.91 bits per heavy atom. The summed E-state index contributed by atoms with van der Waals surface area (Å²) >= 11 is 0. The van der Waals surface area contributed by atoms with Gasteiger partial charge in [-0.05, 0) is 78.2 Å². The van der Waals surface area contributed by atoms with Gasteiger partial charge >= 0.3 is 0 Å². The fourth-order valence-corrected chi connectivity index (χ4v) is 6.23. The number of fused-ring (bicyclic) bond motifs is 2. The highest BCUT2D eigenvalue weighted by Crippen LogP contribution is 2.35. The number of tetrazole rings is 1. The quantitative estimate of drug-likeness (QED) is 0.647. The van der Waals surface area contributed by atoms with Crippen LogP contribution in [-0.2, 0) is 6.42 Å². The fourth-order valence-electron chi connectivity index (χ4n) is 6.23. The highest BCUT2D eigenvalue weighted by Gasteiger charge is 2.38. The average Bonchev–Trinajstić information content (AvgIpc) is 3.60. The summed E-state index contributed by atoms with van der Waals surface area (Å²) in [5.74, 6) is 0.824. The summed E-state index contributed by atoms with van der Waals surface area (Å²) in [5.41, 5.74) is 2.88. The van der Waals surface area contributed by atoms with Crippen LogP contribution in [0, 0.1) is 0 Å². The first kappa shape index (κ1) is 21.0. The maximum atomic E-state index is 13.5. The summed E-state index contributed by atoms with van der Waals surface area (Å²) in [4.78, 5) is 21.7. The van der Waals surface area contributed by atoms with Gasteiger partial charge in [0.2, 0.25) is 0 Å². The summed E-state index contributed by atoms with van der Waals surface area (Å²) in [6, 6.07) is 9.05. The molecule has 33 heavy (non-hydrogen) atoms. The van der Waals surface area contributed by atoms with Crippen molar-refractivity contribution in [1.29, 1.82) is 0 Å². The van der Waals surface area contributed by atoms with Crippen molar-refractivity contribution in [2.24, 2.45) is 0 Å². The lowest BCUT2D eigenvalue weighted by atomic mass is 10.00. The van der Waals surface area contributed by atoms with Gasteiger partial charge < -0.3 is 4.98 Å². The second-order valence-corrected chi connectivity index (χ2v) is 9.98. The summed E-state index contributed by atoms with van der Waals surface area (Å²) in [7, 11) is 0. The average molecular weight is 448 g/mol. The van der Waals surface area contributed by atoms with E-state index in [4.69, 9.17) is 0 Å². The van der Waals surface area contributed by atoms with E-state index < -0.39 is 0 Å². The Morgan fingerprint density at radius 1 is 1.06 bits per heavy atom. The largest absolute Gasteiger partial charge is 0.322 e. The number of nitrogens with zero attached hydrogens (tertiary/aromatic N) is 6. The summed E-state index contributed by atoms with van der Waals surface area (Å²) in [6.45, 7) is 6.27. The lowest BCUT2D eigenvalue weighted by Crippen LogP contribution is -2.52. The van der Waals surface area contributed by atoms with E-state index in [9.17, 15) is 4.79 Å². The molecule has 0 radical (unpaired) electrons. The molecule has 0 amide bonds. The zero-order valence-electron chi connectivity index (χ0n) is 19.4. The van der Waals surface area contributed by atoms with Gasteiger partial charge in [-0.15, -0.1) is 5.10 Å². The molecule has 6 rings (SSSR count). The first-order valence-corrected chi connectivity index (χ1v) is 12.6. The van der Waals surface area contributed by atoms with Crippen LogP contribution in [0.25, 0.3) is 10.9 Å². The van der Waals surface area contributed by atoms with E-state index in [-0.39, 0.29) is 11.6 Å². The minimum Gasteiger partial charge on any atom is -0.322 e. The number of aromatic nitrogens is 5. The lowest BCUT2D eigenvalue weighted by molar-refractivity contribution is 0.0783. The minimum atomic E-state index is -0.234. The van der Waals surface area contributed by atoms with Crippen molar-refractivity contribution >= 4 is 10.9 Å². The Labute approximate surface area is 194 Å². The minimum absolute atomic E-state index is 0.0356. The van der Waals surface area contributed by atoms with Crippen LogP contribution >= 0.6 is 0 Å². The van der Waals surface area contributed by atoms with Gasteiger partial charge in [0, 0.05) is 36.8 Å². The van der Waals surface area contributed by atoms with Crippen LogP contribution in [0.2, 0.25) is 0 Å². The van der Waals surface area contributed by atoms with E-state index in [1.54, 1.807) is 0 Å². The molecule has 1 aromatic carbocycles.